The van der Waals surface area contributed by atoms with Crippen LogP contribution >= 0.6 is 27.3 Å². The van der Waals surface area contributed by atoms with Crippen molar-refractivity contribution in [2.75, 3.05) is 25.1 Å². The Hall–Kier alpha value is -2.13. The van der Waals surface area contributed by atoms with Gasteiger partial charge in [0, 0.05) is 7.05 Å². The van der Waals surface area contributed by atoms with Gasteiger partial charge in [0.05, 0.1) is 28.7 Å². The van der Waals surface area contributed by atoms with Gasteiger partial charge >= 0.3 is 12.0 Å². The lowest BCUT2D eigenvalue weighted by molar-refractivity contribution is 0.0331. The smallest absolute Gasteiger partial charge is 0.340 e. The molecule has 25 heavy (non-hydrogen) atoms. The van der Waals surface area contributed by atoms with Gasteiger partial charge in [0.1, 0.15) is 5.75 Å². The van der Waals surface area contributed by atoms with E-state index in [4.69, 9.17) is 9.47 Å². The van der Waals surface area contributed by atoms with E-state index < -0.39 is 12.2 Å². The Labute approximate surface area is 157 Å². The van der Waals surface area contributed by atoms with Crippen molar-refractivity contribution in [1.29, 1.82) is 0 Å². The quantitative estimate of drug-likeness (QED) is 0.686. The molecule has 9 heteroatoms. The first kappa shape index (κ1) is 17.7. The fourth-order valence-electron chi connectivity index (χ4n) is 2.40. The maximum Gasteiger partial charge on any atom is 0.340 e. The summed E-state index contributed by atoms with van der Waals surface area (Å²) in [6.45, 7) is 2.72. The minimum atomic E-state index is -0.727. The Morgan fingerprint density at radius 2 is 2.12 bits per heavy atom. The molecule has 1 aliphatic rings. The van der Waals surface area contributed by atoms with Crippen LogP contribution in [0.1, 0.15) is 17.3 Å². The third-order valence-electron chi connectivity index (χ3n) is 3.57. The number of amides is 2. The van der Waals surface area contributed by atoms with Gasteiger partial charge in [0.15, 0.2) is 5.13 Å². The number of carbonyl (C=O) groups is 2. The van der Waals surface area contributed by atoms with Crippen molar-refractivity contribution in [3.63, 3.8) is 0 Å². The average Bonchev–Trinajstić information content (AvgIpc) is 3.12. The lowest BCUT2D eigenvalue weighted by atomic mass is 10.2. The van der Waals surface area contributed by atoms with Crippen molar-refractivity contribution >= 4 is 44.4 Å². The van der Waals surface area contributed by atoms with Crippen molar-refractivity contribution in [2.24, 2.45) is 0 Å². The Morgan fingerprint density at radius 1 is 1.40 bits per heavy atom. The van der Waals surface area contributed by atoms with E-state index in [0.717, 1.165) is 3.79 Å². The van der Waals surface area contributed by atoms with E-state index in [2.05, 4.69) is 20.9 Å². The molecular weight excluding hydrogens is 410 g/mol. The van der Waals surface area contributed by atoms with Gasteiger partial charge in [-0.15, -0.1) is 0 Å². The van der Waals surface area contributed by atoms with Crippen LogP contribution in [0, 0.1) is 0 Å². The lowest BCUT2D eigenvalue weighted by Crippen LogP contribution is -2.37. The van der Waals surface area contributed by atoms with Gasteiger partial charge in [-0.05, 0) is 47.1 Å². The number of carbonyl (C=O) groups excluding carboxylic acids is 2. The van der Waals surface area contributed by atoms with Crippen molar-refractivity contribution in [3.05, 3.63) is 39.8 Å². The first-order valence-electron chi connectivity index (χ1n) is 7.59. The normalized spacial score (nSPS) is 17.1. The third kappa shape index (κ3) is 3.77. The fourth-order valence-corrected chi connectivity index (χ4v) is 3.61. The number of urea groups is 1. The molecule has 0 bridgehead atoms. The van der Waals surface area contributed by atoms with E-state index >= 15 is 0 Å². The largest absolute Gasteiger partial charge is 0.494 e. The molecule has 0 N–H and O–H groups in total. The van der Waals surface area contributed by atoms with Crippen LogP contribution in [0.4, 0.5) is 9.93 Å². The topological polar surface area (TPSA) is 72.0 Å². The number of hydrogen-bond donors (Lipinski definition) is 0. The summed E-state index contributed by atoms with van der Waals surface area (Å²) in [5.41, 5.74) is 0.394. The molecule has 0 saturated carbocycles. The van der Waals surface area contributed by atoms with Crippen molar-refractivity contribution in [3.8, 4) is 5.75 Å². The molecule has 3 rings (SSSR count). The van der Waals surface area contributed by atoms with Gasteiger partial charge in [-0.1, -0.05) is 11.3 Å². The van der Waals surface area contributed by atoms with E-state index in [1.54, 1.807) is 37.5 Å². The monoisotopic (exact) mass is 425 g/mol. The molecule has 7 nitrogen and oxygen atoms in total. The van der Waals surface area contributed by atoms with Gasteiger partial charge in [-0.25, -0.2) is 19.5 Å². The first-order chi connectivity index (χ1) is 12.0. The van der Waals surface area contributed by atoms with Crippen LogP contribution in [0.15, 0.2) is 34.2 Å². The maximum absolute atomic E-state index is 12.4. The van der Waals surface area contributed by atoms with Gasteiger partial charge in [-0.2, -0.15) is 0 Å². The highest BCUT2D eigenvalue weighted by molar-refractivity contribution is 9.11. The number of hydrogen-bond acceptors (Lipinski definition) is 6. The molecule has 1 atom stereocenters. The van der Waals surface area contributed by atoms with Crippen LogP contribution < -0.4 is 9.64 Å². The Kier molecular flexibility index (Phi) is 5.24. The van der Waals surface area contributed by atoms with E-state index in [1.807, 2.05) is 6.92 Å². The summed E-state index contributed by atoms with van der Waals surface area (Å²) in [6, 6.07) is 6.44. The molecule has 2 heterocycles. The number of benzene rings is 1. The van der Waals surface area contributed by atoms with Gasteiger partial charge in [0.25, 0.3) is 0 Å². The molecule has 0 aliphatic carbocycles. The zero-order valence-electron chi connectivity index (χ0n) is 13.6. The molecular formula is C16H16BrN3O4S. The van der Waals surface area contributed by atoms with E-state index in [-0.39, 0.29) is 12.6 Å². The minimum absolute atomic E-state index is 0.258. The molecule has 132 valence electrons. The molecule has 2 aromatic rings. The zero-order valence-corrected chi connectivity index (χ0v) is 16.0. The number of nitrogens with zero attached hydrogens (tertiary/aromatic N) is 3. The van der Waals surface area contributed by atoms with E-state index in [9.17, 15) is 9.59 Å². The molecule has 0 spiro atoms. The van der Waals surface area contributed by atoms with Crippen LogP contribution in [0.2, 0.25) is 0 Å². The predicted molar refractivity (Wildman–Crippen MR) is 97.1 cm³/mol. The second-order valence-corrected chi connectivity index (χ2v) is 7.69. The summed E-state index contributed by atoms with van der Waals surface area (Å²) in [4.78, 5) is 31.8. The number of esters is 1. The molecule has 0 radical (unpaired) electrons. The molecule has 1 fully saturated rings. The Balaban J connectivity index is 1.75. The number of likely N-dealkylation sites (N-methyl/N-ethyl adjacent to an activating group) is 1. The van der Waals surface area contributed by atoms with Crippen LogP contribution in [0.3, 0.4) is 0 Å². The highest BCUT2D eigenvalue weighted by atomic mass is 79.9. The molecule has 1 aliphatic heterocycles. The lowest BCUT2D eigenvalue weighted by Gasteiger charge is -2.20. The number of ether oxygens (including phenoxy) is 2. The van der Waals surface area contributed by atoms with Crippen molar-refractivity contribution < 1.29 is 19.1 Å². The van der Waals surface area contributed by atoms with Gasteiger partial charge in [-0.3, -0.25) is 0 Å². The van der Waals surface area contributed by atoms with Gasteiger partial charge < -0.3 is 14.4 Å². The molecule has 1 saturated heterocycles. The van der Waals surface area contributed by atoms with Crippen molar-refractivity contribution in [1.82, 2.24) is 9.88 Å². The number of halogens is 1. The summed E-state index contributed by atoms with van der Waals surface area (Å²) in [5.74, 6) is 0.181. The minimum Gasteiger partial charge on any atom is -0.494 e. The van der Waals surface area contributed by atoms with Crippen LogP contribution in [-0.4, -0.2) is 48.3 Å². The Bertz CT molecular complexity index is 780. The SMILES string of the molecule is CCOc1ccc(C(=O)OC2CN(C)C(=O)N2c2ncc(Br)s2)cc1. The maximum atomic E-state index is 12.4. The van der Waals surface area contributed by atoms with Crippen molar-refractivity contribution in [2.45, 2.75) is 13.2 Å². The standard InChI is InChI=1S/C16H16BrN3O4S/c1-3-23-11-6-4-10(5-7-11)14(21)24-13-9-19(2)16(22)20(13)15-18-8-12(17)25-15/h4-8,13H,3,9H2,1-2H3. The fraction of sp³-hybridized carbons (Fsp3) is 0.312. The predicted octanol–water partition coefficient (Wildman–Crippen LogP) is 3.36. The molecule has 1 aromatic heterocycles. The van der Waals surface area contributed by atoms with Gasteiger partial charge in [0.2, 0.25) is 6.23 Å². The second-order valence-electron chi connectivity index (χ2n) is 5.30. The van der Waals surface area contributed by atoms with E-state index in [1.165, 1.54) is 21.1 Å². The van der Waals surface area contributed by atoms with E-state index in [0.29, 0.717) is 23.1 Å². The first-order valence-corrected chi connectivity index (χ1v) is 9.20. The summed E-state index contributed by atoms with van der Waals surface area (Å²) >= 11 is 4.63. The second kappa shape index (κ2) is 7.40. The number of anilines is 1. The number of rotatable bonds is 5. The molecule has 1 aromatic carbocycles. The summed E-state index contributed by atoms with van der Waals surface area (Å²) in [5, 5.41) is 0.478. The zero-order chi connectivity index (χ0) is 18.0. The summed E-state index contributed by atoms with van der Waals surface area (Å²) < 4.78 is 11.7. The average molecular weight is 426 g/mol. The highest BCUT2D eigenvalue weighted by Crippen LogP contribution is 2.32. The Morgan fingerprint density at radius 3 is 2.72 bits per heavy atom. The number of thiazole rings is 1. The van der Waals surface area contributed by atoms with Crippen LogP contribution in [0.25, 0.3) is 0 Å². The third-order valence-corrected chi connectivity index (χ3v) is 5.04. The highest BCUT2D eigenvalue weighted by Gasteiger charge is 2.40. The number of aromatic nitrogens is 1. The summed E-state index contributed by atoms with van der Waals surface area (Å²) in [6.07, 6.45) is 0.881. The van der Waals surface area contributed by atoms with Crippen LogP contribution in [-0.2, 0) is 4.74 Å². The van der Waals surface area contributed by atoms with Crippen LogP contribution in [0.5, 0.6) is 5.75 Å². The summed E-state index contributed by atoms with van der Waals surface area (Å²) in [7, 11) is 1.66. The molecule has 2 amide bonds. The molecule has 1 unspecified atom stereocenters.